The third-order valence-electron chi connectivity index (χ3n) is 4.61. The zero-order valence-corrected chi connectivity index (χ0v) is 17.0. The van der Waals surface area contributed by atoms with Gasteiger partial charge in [0.05, 0.1) is 11.8 Å². The summed E-state index contributed by atoms with van der Waals surface area (Å²) in [6.07, 6.45) is 1.69. The maximum atomic E-state index is 12.3. The fraction of sp³-hybridized carbons (Fsp3) is 0.0909. The van der Waals surface area contributed by atoms with Crippen molar-refractivity contribution >= 4 is 56.5 Å². The van der Waals surface area contributed by atoms with Gasteiger partial charge in [-0.2, -0.15) is 5.10 Å². The van der Waals surface area contributed by atoms with E-state index in [0.717, 1.165) is 15.7 Å². The highest BCUT2D eigenvalue weighted by Gasteiger charge is 2.10. The maximum absolute atomic E-state index is 12.3. The van der Waals surface area contributed by atoms with Crippen molar-refractivity contribution in [1.29, 1.82) is 0 Å². The van der Waals surface area contributed by atoms with Gasteiger partial charge in [-0.25, -0.2) is 5.43 Å². The summed E-state index contributed by atoms with van der Waals surface area (Å²) >= 11 is 2.15. The molecule has 1 N–H and O–H groups in total. The Morgan fingerprint density at radius 3 is 2.59 bits per heavy atom. The first kappa shape index (κ1) is 17.7. The molecule has 0 aliphatic heterocycles. The molecule has 0 bridgehead atoms. The molecule has 4 rings (SSSR count). The van der Waals surface area contributed by atoms with Gasteiger partial charge in [-0.1, -0.05) is 36.4 Å². The zero-order chi connectivity index (χ0) is 18.8. The van der Waals surface area contributed by atoms with Crippen molar-refractivity contribution in [1.82, 2.24) is 9.99 Å². The molecule has 0 atom stereocenters. The van der Waals surface area contributed by atoms with Crippen LogP contribution in [0.5, 0.6) is 0 Å². The topological polar surface area (TPSA) is 46.4 Å². The summed E-state index contributed by atoms with van der Waals surface area (Å²) in [5.41, 5.74) is 6.62. The lowest BCUT2D eigenvalue weighted by atomic mass is 10.1. The Morgan fingerprint density at radius 1 is 1.04 bits per heavy atom. The van der Waals surface area contributed by atoms with E-state index in [2.05, 4.69) is 81.0 Å². The van der Waals surface area contributed by atoms with E-state index in [9.17, 15) is 4.79 Å². The minimum Gasteiger partial charge on any atom is -0.341 e. The lowest BCUT2D eigenvalue weighted by molar-refractivity contribution is 0.0954. The number of hydrazone groups is 1. The van der Waals surface area contributed by atoms with E-state index in [1.165, 1.54) is 21.8 Å². The number of halogens is 1. The van der Waals surface area contributed by atoms with E-state index in [1.54, 1.807) is 12.3 Å². The van der Waals surface area contributed by atoms with Gasteiger partial charge in [0, 0.05) is 31.9 Å². The summed E-state index contributed by atoms with van der Waals surface area (Å²) < 4.78 is 3.21. The van der Waals surface area contributed by atoms with Crippen molar-refractivity contribution in [2.45, 2.75) is 13.5 Å². The van der Waals surface area contributed by atoms with Gasteiger partial charge in [0.1, 0.15) is 0 Å². The Hall–Kier alpha value is -2.67. The highest BCUT2D eigenvalue weighted by molar-refractivity contribution is 14.1. The van der Waals surface area contributed by atoms with Crippen molar-refractivity contribution in [3.8, 4) is 0 Å². The molecule has 0 radical (unpaired) electrons. The number of nitrogens with one attached hydrogen (secondary N) is 1. The lowest BCUT2D eigenvalue weighted by Gasteiger charge is -2.03. The molecule has 0 saturated heterocycles. The number of nitrogens with zero attached hydrogens (tertiary/aromatic N) is 2. The van der Waals surface area contributed by atoms with Crippen LogP contribution < -0.4 is 5.43 Å². The van der Waals surface area contributed by atoms with Crippen LogP contribution >= 0.6 is 22.6 Å². The largest absolute Gasteiger partial charge is 0.341 e. The van der Waals surface area contributed by atoms with Crippen molar-refractivity contribution in [3.63, 3.8) is 0 Å². The first-order chi connectivity index (χ1) is 13.2. The van der Waals surface area contributed by atoms with E-state index in [4.69, 9.17) is 0 Å². The average Bonchev–Trinajstić information content (AvgIpc) is 3.01. The number of rotatable bonds is 4. The van der Waals surface area contributed by atoms with Crippen LogP contribution in [-0.4, -0.2) is 16.7 Å². The van der Waals surface area contributed by atoms with E-state index in [-0.39, 0.29) is 5.91 Å². The molecule has 0 aliphatic rings. The molecule has 1 heterocycles. The summed E-state index contributed by atoms with van der Waals surface area (Å²) in [7, 11) is 0. The Labute approximate surface area is 171 Å². The number of hydrogen-bond acceptors (Lipinski definition) is 2. The van der Waals surface area contributed by atoms with Gasteiger partial charge < -0.3 is 4.57 Å². The molecule has 5 heteroatoms. The number of hydrogen-bond donors (Lipinski definition) is 1. The second kappa shape index (κ2) is 7.52. The van der Waals surface area contributed by atoms with E-state index >= 15 is 0 Å². The fourth-order valence-corrected chi connectivity index (χ4v) is 4.00. The third-order valence-corrected chi connectivity index (χ3v) is 5.55. The van der Waals surface area contributed by atoms with Crippen LogP contribution in [0, 0.1) is 3.57 Å². The molecule has 134 valence electrons. The van der Waals surface area contributed by atoms with Gasteiger partial charge in [0.2, 0.25) is 0 Å². The van der Waals surface area contributed by atoms with Gasteiger partial charge in [-0.05, 0) is 65.4 Å². The summed E-state index contributed by atoms with van der Waals surface area (Å²) in [4.78, 5) is 12.3. The third kappa shape index (κ3) is 3.35. The van der Waals surface area contributed by atoms with E-state index in [1.807, 2.05) is 24.3 Å². The van der Waals surface area contributed by atoms with Crippen LogP contribution in [0.25, 0.3) is 21.8 Å². The summed E-state index contributed by atoms with van der Waals surface area (Å²) in [5, 5.41) is 6.56. The van der Waals surface area contributed by atoms with Crippen molar-refractivity contribution in [3.05, 3.63) is 81.4 Å². The van der Waals surface area contributed by atoms with Crippen LogP contribution in [0.2, 0.25) is 0 Å². The van der Waals surface area contributed by atoms with E-state index in [0.29, 0.717) is 5.56 Å². The Kier molecular flexibility index (Phi) is 4.94. The van der Waals surface area contributed by atoms with Gasteiger partial charge in [-0.15, -0.1) is 0 Å². The van der Waals surface area contributed by atoms with Crippen LogP contribution in [0.15, 0.2) is 71.8 Å². The minimum absolute atomic E-state index is 0.208. The Bertz CT molecular complexity index is 1180. The Morgan fingerprint density at radius 2 is 1.78 bits per heavy atom. The summed E-state index contributed by atoms with van der Waals surface area (Å²) in [6.45, 7) is 3.07. The lowest BCUT2D eigenvalue weighted by Crippen LogP contribution is -2.18. The minimum atomic E-state index is -0.208. The molecule has 3 aromatic carbocycles. The quantitative estimate of drug-likeness (QED) is 0.251. The average molecular weight is 467 g/mol. The number of amides is 1. The second-order valence-corrected chi connectivity index (χ2v) is 7.38. The molecular weight excluding hydrogens is 449 g/mol. The molecule has 4 aromatic rings. The van der Waals surface area contributed by atoms with E-state index < -0.39 is 0 Å². The first-order valence-electron chi connectivity index (χ1n) is 8.78. The Balaban J connectivity index is 1.63. The van der Waals surface area contributed by atoms with Crippen molar-refractivity contribution < 1.29 is 4.79 Å². The highest BCUT2D eigenvalue weighted by Crippen LogP contribution is 2.29. The summed E-state index contributed by atoms with van der Waals surface area (Å²) in [6, 6.07) is 22.1. The SMILES string of the molecule is CCn1c2ccccc2c2cc(/C=N\NC(=O)c3ccccc3I)ccc21. The molecule has 0 spiro atoms. The predicted molar refractivity (Wildman–Crippen MR) is 119 cm³/mol. The molecule has 4 nitrogen and oxygen atoms in total. The number of para-hydroxylation sites is 1. The molecule has 27 heavy (non-hydrogen) atoms. The molecule has 1 aromatic heterocycles. The van der Waals surface area contributed by atoms with Crippen LogP contribution in [0.1, 0.15) is 22.8 Å². The van der Waals surface area contributed by atoms with Crippen LogP contribution in [-0.2, 0) is 6.54 Å². The fourth-order valence-electron chi connectivity index (χ4n) is 3.36. The molecular formula is C22H18IN3O. The number of carbonyl (C=O) groups is 1. The molecule has 0 aliphatic carbocycles. The monoisotopic (exact) mass is 467 g/mol. The number of fused-ring (bicyclic) bond motifs is 3. The van der Waals surface area contributed by atoms with Crippen LogP contribution in [0.4, 0.5) is 0 Å². The van der Waals surface area contributed by atoms with Gasteiger partial charge in [-0.3, -0.25) is 4.79 Å². The first-order valence-corrected chi connectivity index (χ1v) is 9.86. The molecule has 0 unspecified atom stereocenters. The number of aryl methyl sites for hydroxylation is 1. The second-order valence-electron chi connectivity index (χ2n) is 6.22. The normalized spacial score (nSPS) is 11.5. The van der Waals surface area contributed by atoms with Gasteiger partial charge in [0.15, 0.2) is 0 Å². The van der Waals surface area contributed by atoms with Crippen molar-refractivity contribution in [2.75, 3.05) is 0 Å². The zero-order valence-electron chi connectivity index (χ0n) is 14.8. The predicted octanol–water partition coefficient (Wildman–Crippen LogP) is 5.18. The van der Waals surface area contributed by atoms with Crippen molar-refractivity contribution in [2.24, 2.45) is 5.10 Å². The number of benzene rings is 3. The summed E-state index contributed by atoms with van der Waals surface area (Å²) in [5.74, 6) is -0.208. The standard InChI is InChI=1S/C22H18IN3O/c1-2-26-20-10-6-4-7-16(20)18-13-15(11-12-21(18)26)14-24-25-22(27)17-8-3-5-9-19(17)23/h3-14H,2H2,1H3,(H,25,27)/b24-14-. The molecule has 0 fully saturated rings. The number of aromatic nitrogens is 1. The van der Waals surface area contributed by atoms with Gasteiger partial charge in [0.25, 0.3) is 5.91 Å². The molecule has 1 amide bonds. The van der Waals surface area contributed by atoms with Crippen LogP contribution in [0.3, 0.4) is 0 Å². The maximum Gasteiger partial charge on any atom is 0.272 e. The molecule has 0 saturated carbocycles. The van der Waals surface area contributed by atoms with Gasteiger partial charge >= 0.3 is 0 Å². The smallest absolute Gasteiger partial charge is 0.272 e. The number of carbonyl (C=O) groups excluding carboxylic acids is 1. The highest BCUT2D eigenvalue weighted by atomic mass is 127.